The van der Waals surface area contributed by atoms with Gasteiger partial charge in [-0.25, -0.2) is 14.5 Å². The van der Waals surface area contributed by atoms with E-state index in [2.05, 4.69) is 28.9 Å². The van der Waals surface area contributed by atoms with Crippen LogP contribution in [-0.2, 0) is 11.2 Å². The Balaban J connectivity index is 0.000000268. The van der Waals surface area contributed by atoms with E-state index in [0.717, 1.165) is 42.9 Å². The standard InChI is InChI=1S/C10H15N5.C5H10O2.C2H6/c1-6(2)4-9-13-7(3)8-5-12-10(11)14-15(8)9;6-5-2-1-3-7-4-5;1-2/h5-6H,4H2,1-3H3,(H2,11,14);5-6H,1-4H2;1-2H3. The van der Waals surface area contributed by atoms with Gasteiger partial charge in [-0.05, 0) is 25.7 Å². The van der Waals surface area contributed by atoms with Crippen molar-refractivity contribution in [3.63, 3.8) is 0 Å². The molecule has 7 nitrogen and oxygen atoms in total. The molecule has 2 aromatic rings. The number of nitrogens with zero attached hydrogens (tertiary/aromatic N) is 4. The monoisotopic (exact) mass is 337 g/mol. The van der Waals surface area contributed by atoms with Gasteiger partial charge in [-0.15, -0.1) is 5.10 Å². The Bertz CT molecular complexity index is 606. The van der Waals surface area contributed by atoms with Crippen molar-refractivity contribution >= 4 is 11.5 Å². The summed E-state index contributed by atoms with van der Waals surface area (Å²) in [5, 5.41) is 13.0. The third kappa shape index (κ3) is 6.05. The quantitative estimate of drug-likeness (QED) is 0.873. The van der Waals surface area contributed by atoms with Crippen LogP contribution < -0.4 is 5.73 Å². The molecule has 24 heavy (non-hydrogen) atoms. The van der Waals surface area contributed by atoms with Crippen LogP contribution in [0.2, 0.25) is 0 Å². The zero-order chi connectivity index (χ0) is 18.1. The molecule has 0 radical (unpaired) electrons. The zero-order valence-corrected chi connectivity index (χ0v) is 15.5. The summed E-state index contributed by atoms with van der Waals surface area (Å²) in [6.45, 7) is 11.6. The van der Waals surface area contributed by atoms with Crippen LogP contribution >= 0.6 is 0 Å². The highest BCUT2D eigenvalue weighted by Crippen LogP contribution is 2.13. The van der Waals surface area contributed by atoms with Gasteiger partial charge in [-0.2, -0.15) is 0 Å². The van der Waals surface area contributed by atoms with E-state index in [1.807, 2.05) is 20.8 Å². The van der Waals surface area contributed by atoms with E-state index in [4.69, 9.17) is 15.6 Å². The number of rotatable bonds is 2. The number of hydrogen-bond donors (Lipinski definition) is 2. The van der Waals surface area contributed by atoms with Crippen molar-refractivity contribution in [1.82, 2.24) is 19.6 Å². The number of fused-ring (bicyclic) bond motifs is 1. The minimum absolute atomic E-state index is 0.186. The number of hydrogen-bond acceptors (Lipinski definition) is 6. The maximum absolute atomic E-state index is 8.78. The molecule has 1 aliphatic rings. The van der Waals surface area contributed by atoms with Crippen LogP contribution in [0, 0.1) is 12.8 Å². The lowest BCUT2D eigenvalue weighted by Gasteiger charge is -2.15. The van der Waals surface area contributed by atoms with Gasteiger partial charge in [0.2, 0.25) is 5.95 Å². The van der Waals surface area contributed by atoms with Gasteiger partial charge < -0.3 is 15.6 Å². The van der Waals surface area contributed by atoms with E-state index in [1.165, 1.54) is 0 Å². The van der Waals surface area contributed by atoms with E-state index in [9.17, 15) is 0 Å². The Labute approximate surface area is 144 Å². The minimum atomic E-state index is -0.186. The number of imidazole rings is 1. The molecule has 1 fully saturated rings. The fraction of sp³-hybridized carbons (Fsp3) is 0.706. The van der Waals surface area contributed by atoms with Crippen LogP contribution in [0.4, 0.5) is 5.95 Å². The second-order valence-corrected chi connectivity index (χ2v) is 6.00. The molecule has 136 valence electrons. The van der Waals surface area contributed by atoms with Gasteiger partial charge in [-0.1, -0.05) is 27.7 Å². The Morgan fingerprint density at radius 2 is 2.12 bits per heavy atom. The van der Waals surface area contributed by atoms with E-state index in [0.29, 0.717) is 12.5 Å². The molecule has 0 amide bonds. The van der Waals surface area contributed by atoms with Gasteiger partial charge in [0, 0.05) is 13.0 Å². The normalized spacial score (nSPS) is 17.0. The summed E-state index contributed by atoms with van der Waals surface area (Å²) >= 11 is 0. The number of nitrogen functional groups attached to an aromatic ring is 1. The van der Waals surface area contributed by atoms with Crippen LogP contribution in [0.1, 0.15) is 52.1 Å². The summed E-state index contributed by atoms with van der Waals surface area (Å²) in [7, 11) is 0. The summed E-state index contributed by atoms with van der Waals surface area (Å²) in [5.41, 5.74) is 7.44. The first-order valence-electron chi connectivity index (χ1n) is 8.70. The minimum Gasteiger partial charge on any atom is -0.391 e. The predicted molar refractivity (Wildman–Crippen MR) is 95.9 cm³/mol. The number of aromatic nitrogens is 4. The number of nitrogens with two attached hydrogens (primary N) is 1. The SMILES string of the molecule is CC.Cc1nc(CC(C)C)n2nc(N)ncc12.OC1CCCOC1. The molecule has 0 spiro atoms. The predicted octanol–water partition coefficient (Wildman–Crippen LogP) is 2.40. The lowest BCUT2D eigenvalue weighted by molar-refractivity contribution is -0.00535. The largest absolute Gasteiger partial charge is 0.391 e. The first-order valence-corrected chi connectivity index (χ1v) is 8.70. The second-order valence-electron chi connectivity index (χ2n) is 6.00. The number of ether oxygens (including phenoxy) is 1. The summed E-state index contributed by atoms with van der Waals surface area (Å²) in [5.74, 6) is 1.78. The van der Waals surface area contributed by atoms with Crippen molar-refractivity contribution in [2.75, 3.05) is 18.9 Å². The molecule has 1 unspecified atom stereocenters. The fourth-order valence-electron chi connectivity index (χ4n) is 2.33. The molecular weight excluding hydrogens is 306 g/mol. The van der Waals surface area contributed by atoms with Crippen molar-refractivity contribution in [2.24, 2.45) is 5.92 Å². The van der Waals surface area contributed by atoms with Crippen LogP contribution in [-0.4, -0.2) is 44.0 Å². The van der Waals surface area contributed by atoms with Gasteiger partial charge >= 0.3 is 0 Å². The third-order valence-corrected chi connectivity index (χ3v) is 3.39. The van der Waals surface area contributed by atoms with Crippen LogP contribution in [0.25, 0.3) is 5.52 Å². The van der Waals surface area contributed by atoms with Crippen LogP contribution in [0.3, 0.4) is 0 Å². The Kier molecular flexibility index (Phi) is 8.63. The lowest BCUT2D eigenvalue weighted by atomic mass is 10.1. The molecule has 0 bridgehead atoms. The molecule has 1 aliphatic heterocycles. The number of aryl methyl sites for hydroxylation is 1. The Morgan fingerprint density at radius 1 is 1.42 bits per heavy atom. The molecule has 1 saturated heterocycles. The van der Waals surface area contributed by atoms with Crippen molar-refractivity contribution in [2.45, 2.75) is 60.0 Å². The van der Waals surface area contributed by atoms with Crippen molar-refractivity contribution in [1.29, 1.82) is 0 Å². The van der Waals surface area contributed by atoms with Crippen LogP contribution in [0.15, 0.2) is 6.20 Å². The van der Waals surface area contributed by atoms with Gasteiger partial charge in [-0.3, -0.25) is 0 Å². The van der Waals surface area contributed by atoms with Crippen molar-refractivity contribution in [3.8, 4) is 0 Å². The topological polar surface area (TPSA) is 98.6 Å². The molecule has 0 saturated carbocycles. The lowest BCUT2D eigenvalue weighted by Crippen LogP contribution is -2.21. The maximum Gasteiger partial charge on any atom is 0.238 e. The Hall–Kier alpha value is -1.73. The highest BCUT2D eigenvalue weighted by molar-refractivity contribution is 5.50. The molecule has 0 aromatic carbocycles. The van der Waals surface area contributed by atoms with Gasteiger partial charge in [0.05, 0.1) is 24.6 Å². The van der Waals surface area contributed by atoms with Gasteiger partial charge in [0.15, 0.2) is 0 Å². The molecule has 1 atom stereocenters. The van der Waals surface area contributed by atoms with Gasteiger partial charge in [0.25, 0.3) is 0 Å². The first kappa shape index (κ1) is 20.3. The number of aliphatic hydroxyl groups excluding tert-OH is 1. The molecule has 3 N–H and O–H groups in total. The van der Waals surface area contributed by atoms with E-state index in [1.54, 1.807) is 10.7 Å². The average Bonchev–Trinajstić information content (AvgIpc) is 2.85. The summed E-state index contributed by atoms with van der Waals surface area (Å²) in [6.07, 6.45) is 4.36. The molecule has 7 heteroatoms. The smallest absolute Gasteiger partial charge is 0.238 e. The summed E-state index contributed by atoms with van der Waals surface area (Å²) < 4.78 is 6.72. The van der Waals surface area contributed by atoms with E-state index in [-0.39, 0.29) is 12.1 Å². The number of aliphatic hydroxyl groups is 1. The summed E-state index contributed by atoms with van der Waals surface area (Å²) in [6, 6.07) is 0. The highest BCUT2D eigenvalue weighted by Gasteiger charge is 2.11. The molecule has 0 aliphatic carbocycles. The van der Waals surface area contributed by atoms with E-state index >= 15 is 0 Å². The van der Waals surface area contributed by atoms with Crippen molar-refractivity contribution < 1.29 is 9.84 Å². The zero-order valence-electron chi connectivity index (χ0n) is 15.5. The average molecular weight is 337 g/mol. The second kappa shape index (κ2) is 10.2. The van der Waals surface area contributed by atoms with Crippen molar-refractivity contribution in [3.05, 3.63) is 17.7 Å². The molecular formula is C17H31N5O2. The molecule has 3 rings (SSSR count). The van der Waals surface area contributed by atoms with E-state index < -0.39 is 0 Å². The third-order valence-electron chi connectivity index (χ3n) is 3.39. The number of anilines is 1. The van der Waals surface area contributed by atoms with Gasteiger partial charge in [0.1, 0.15) is 11.3 Å². The molecule has 2 aromatic heterocycles. The Morgan fingerprint density at radius 3 is 2.62 bits per heavy atom. The van der Waals surface area contributed by atoms with Crippen LogP contribution in [0.5, 0.6) is 0 Å². The highest BCUT2D eigenvalue weighted by atomic mass is 16.5. The molecule has 3 heterocycles. The first-order chi connectivity index (χ1) is 11.5. The summed E-state index contributed by atoms with van der Waals surface area (Å²) in [4.78, 5) is 8.44. The maximum atomic E-state index is 8.78. The fourth-order valence-corrected chi connectivity index (χ4v) is 2.33.